The Morgan fingerprint density at radius 2 is 1.81 bits per heavy atom. The van der Waals surface area contributed by atoms with Crippen molar-refractivity contribution in [3.8, 4) is 28.4 Å². The maximum atomic E-state index is 13.1. The third-order valence-corrected chi connectivity index (χ3v) is 9.62. The molecule has 5 atom stereocenters. The van der Waals surface area contributed by atoms with Crippen molar-refractivity contribution in [3.05, 3.63) is 70.2 Å². The Balaban J connectivity index is 0.963. The van der Waals surface area contributed by atoms with E-state index >= 15 is 0 Å². The summed E-state index contributed by atoms with van der Waals surface area (Å²) in [5.74, 6) is 2.04. The highest BCUT2D eigenvalue weighted by Gasteiger charge is 2.68. The van der Waals surface area contributed by atoms with Crippen molar-refractivity contribution >= 4 is 0 Å². The summed E-state index contributed by atoms with van der Waals surface area (Å²) < 4.78 is 60.4. The van der Waals surface area contributed by atoms with E-state index in [1.165, 1.54) is 12.1 Å². The molecule has 4 aliphatic rings. The zero-order valence-electron chi connectivity index (χ0n) is 22.4. The van der Waals surface area contributed by atoms with Crippen LogP contribution in [0.3, 0.4) is 0 Å². The van der Waals surface area contributed by atoms with Crippen LogP contribution in [0.25, 0.3) is 22.6 Å². The van der Waals surface area contributed by atoms with Crippen LogP contribution >= 0.6 is 0 Å². The minimum absolute atomic E-state index is 0.0605. The third kappa shape index (κ3) is 4.26. The van der Waals surface area contributed by atoms with Crippen LogP contribution in [0.5, 0.6) is 5.75 Å². The summed E-state index contributed by atoms with van der Waals surface area (Å²) in [5.41, 5.74) is 3.18. The van der Waals surface area contributed by atoms with Gasteiger partial charge in [0.05, 0.1) is 12.7 Å². The molecule has 218 valence electrons. The lowest BCUT2D eigenvalue weighted by atomic mass is 9.34. The van der Waals surface area contributed by atoms with E-state index < -0.39 is 12.1 Å². The first-order valence-corrected chi connectivity index (χ1v) is 14.3. The van der Waals surface area contributed by atoms with Gasteiger partial charge in [-0.15, -0.1) is 13.2 Å². The normalized spacial score (nSPS) is 28.1. The molecule has 9 nitrogen and oxygen atoms in total. The van der Waals surface area contributed by atoms with Crippen molar-refractivity contribution in [1.82, 2.24) is 20.3 Å². The number of ether oxygens (including phenoxy) is 2. The predicted molar refractivity (Wildman–Crippen MR) is 140 cm³/mol. The van der Waals surface area contributed by atoms with Crippen LogP contribution in [-0.4, -0.2) is 32.7 Å². The number of aromatic nitrogens is 4. The molecule has 1 aromatic carbocycles. The number of hydrogen-bond acceptors (Lipinski definition) is 8. The highest BCUT2D eigenvalue weighted by atomic mass is 19.4. The summed E-state index contributed by atoms with van der Waals surface area (Å²) in [6.07, 6.45) is 2.89. The number of H-pyrrole nitrogens is 1. The van der Waals surface area contributed by atoms with E-state index in [0.29, 0.717) is 46.2 Å². The minimum atomic E-state index is -4.82. The van der Waals surface area contributed by atoms with Crippen molar-refractivity contribution < 1.29 is 31.7 Å². The standard InChI is InChI=1S/C30H27F3N4O5/c31-30(32,33)40-22-4-2-1-3-20(22)25-21(26(41-36-25)15-5-6-15)14-39-19-9-17-11-29(12-18(10-19)24(17)29)23-8-7-16(13-34-23)27-35-28(38)42-37-27/h1-4,7-8,13,15,17-19,24H,5-6,9-12,14H2,(H,35,37,38)/t17-,18+,19-,24?,29?. The van der Waals surface area contributed by atoms with Crippen LogP contribution in [0, 0.1) is 17.8 Å². The molecule has 8 rings (SSSR count). The van der Waals surface area contributed by atoms with Crippen LogP contribution in [0.4, 0.5) is 13.2 Å². The topological polar surface area (TPSA) is 116 Å². The van der Waals surface area contributed by atoms with E-state index in [0.717, 1.165) is 44.2 Å². The summed E-state index contributed by atoms with van der Waals surface area (Å²) in [6.45, 7) is 0.234. The monoisotopic (exact) mass is 580 g/mol. The number of halogens is 3. The molecule has 12 heteroatoms. The van der Waals surface area contributed by atoms with Gasteiger partial charge < -0.3 is 14.0 Å². The number of benzene rings is 1. The molecule has 0 saturated heterocycles. The van der Waals surface area contributed by atoms with Gasteiger partial charge in [-0.2, -0.15) is 0 Å². The van der Waals surface area contributed by atoms with E-state index in [4.69, 9.17) is 14.2 Å². The second-order valence-corrected chi connectivity index (χ2v) is 12.1. The Labute approximate surface area is 237 Å². The number of para-hydroxylation sites is 1. The third-order valence-electron chi connectivity index (χ3n) is 9.62. The first kappa shape index (κ1) is 25.8. The van der Waals surface area contributed by atoms with E-state index in [9.17, 15) is 18.0 Å². The van der Waals surface area contributed by atoms with Gasteiger partial charge in [-0.3, -0.25) is 14.5 Å². The molecule has 4 aliphatic carbocycles. The lowest BCUT2D eigenvalue weighted by Crippen LogP contribution is -2.67. The van der Waals surface area contributed by atoms with Gasteiger partial charge in [-0.25, -0.2) is 4.79 Å². The van der Waals surface area contributed by atoms with Gasteiger partial charge in [0.25, 0.3) is 0 Å². The van der Waals surface area contributed by atoms with Crippen molar-refractivity contribution in [2.24, 2.45) is 17.8 Å². The van der Waals surface area contributed by atoms with E-state index in [1.54, 1.807) is 18.3 Å². The zero-order chi connectivity index (χ0) is 28.6. The molecular formula is C30H27F3N4O5. The quantitative estimate of drug-likeness (QED) is 0.265. The largest absolute Gasteiger partial charge is 0.573 e. The minimum Gasteiger partial charge on any atom is -0.405 e. The van der Waals surface area contributed by atoms with Crippen LogP contribution in [0.15, 0.2) is 56.4 Å². The molecule has 0 bridgehead atoms. The fourth-order valence-electron chi connectivity index (χ4n) is 7.86. The van der Waals surface area contributed by atoms with Crippen LogP contribution < -0.4 is 10.5 Å². The highest BCUT2D eigenvalue weighted by molar-refractivity contribution is 5.70. The molecule has 4 aromatic rings. The number of nitrogens with one attached hydrogen (secondary N) is 1. The Morgan fingerprint density at radius 1 is 1.02 bits per heavy atom. The van der Waals surface area contributed by atoms with Crippen LogP contribution in [-0.2, 0) is 16.8 Å². The smallest absolute Gasteiger partial charge is 0.405 e. The van der Waals surface area contributed by atoms with Crippen molar-refractivity contribution in [1.29, 1.82) is 0 Å². The Hall–Kier alpha value is -3.93. The van der Waals surface area contributed by atoms with E-state index in [-0.39, 0.29) is 35.4 Å². The number of hydrogen-bond donors (Lipinski definition) is 1. The number of alkyl halides is 3. The van der Waals surface area contributed by atoms with Gasteiger partial charge in [0.2, 0.25) is 0 Å². The zero-order valence-corrected chi connectivity index (χ0v) is 22.4. The van der Waals surface area contributed by atoms with Gasteiger partial charge in [0.15, 0.2) is 5.82 Å². The molecule has 0 aliphatic heterocycles. The fraction of sp³-hybridized carbons (Fsp3) is 0.467. The molecule has 1 N–H and O–H groups in total. The average molecular weight is 581 g/mol. The highest BCUT2D eigenvalue weighted by Crippen LogP contribution is 2.71. The first-order valence-electron chi connectivity index (χ1n) is 14.3. The molecule has 4 fully saturated rings. The second-order valence-electron chi connectivity index (χ2n) is 12.1. The molecule has 4 saturated carbocycles. The Morgan fingerprint density at radius 3 is 2.48 bits per heavy atom. The molecule has 42 heavy (non-hydrogen) atoms. The molecule has 0 spiro atoms. The maximum absolute atomic E-state index is 13.1. The summed E-state index contributed by atoms with van der Waals surface area (Å²) in [7, 11) is 0. The van der Waals surface area contributed by atoms with Crippen LogP contribution in [0.1, 0.15) is 61.5 Å². The number of nitrogens with zero attached hydrogens (tertiary/aromatic N) is 3. The summed E-state index contributed by atoms with van der Waals surface area (Å²) in [4.78, 5) is 18.6. The molecule has 0 amide bonds. The molecule has 3 aromatic heterocycles. The van der Waals surface area contributed by atoms with Gasteiger partial charge in [0, 0.05) is 39.9 Å². The van der Waals surface area contributed by atoms with Gasteiger partial charge >= 0.3 is 12.1 Å². The van der Waals surface area contributed by atoms with Crippen LogP contribution in [0.2, 0.25) is 0 Å². The Bertz CT molecular complexity index is 1670. The summed E-state index contributed by atoms with van der Waals surface area (Å²) in [5, 5.41) is 7.93. The fourth-order valence-corrected chi connectivity index (χ4v) is 7.86. The SMILES string of the molecule is O=c1[nH]c(-c2ccc(C34C[C@H]5C[C@@H](OCc6c(-c7ccccc7OC(F)(F)F)noc6C6CC6)C[C@@H](C3)C54)nc2)no1. The van der Waals surface area contributed by atoms with Gasteiger partial charge in [-0.1, -0.05) is 22.4 Å². The number of aromatic amines is 1. The number of rotatable bonds is 8. The molecule has 2 unspecified atom stereocenters. The molecular weight excluding hydrogens is 553 g/mol. The van der Waals surface area contributed by atoms with Crippen molar-refractivity contribution in [3.63, 3.8) is 0 Å². The van der Waals surface area contributed by atoms with Gasteiger partial charge in [-0.05, 0) is 80.5 Å². The average Bonchev–Trinajstić information content (AvgIpc) is 3.55. The lowest BCUT2D eigenvalue weighted by Gasteiger charge is -2.70. The summed E-state index contributed by atoms with van der Waals surface area (Å²) >= 11 is 0. The first-order chi connectivity index (χ1) is 20.3. The predicted octanol–water partition coefficient (Wildman–Crippen LogP) is 6.13. The molecule has 0 radical (unpaired) electrons. The molecule has 3 heterocycles. The van der Waals surface area contributed by atoms with Crippen molar-refractivity contribution in [2.75, 3.05) is 0 Å². The lowest BCUT2D eigenvalue weighted by molar-refractivity contribution is -0.274. The Kier molecular flexibility index (Phi) is 5.69. The second kappa shape index (κ2) is 9.29. The maximum Gasteiger partial charge on any atom is 0.573 e. The van der Waals surface area contributed by atoms with E-state index in [2.05, 4.69) is 24.6 Å². The number of pyridine rings is 1. The van der Waals surface area contributed by atoms with Gasteiger partial charge in [0.1, 0.15) is 17.2 Å². The summed E-state index contributed by atoms with van der Waals surface area (Å²) in [6, 6.07) is 9.97. The van der Waals surface area contributed by atoms with E-state index in [1.807, 2.05) is 12.1 Å². The van der Waals surface area contributed by atoms with Crippen molar-refractivity contribution in [2.45, 2.75) is 68.9 Å².